The van der Waals surface area contributed by atoms with Crippen molar-refractivity contribution in [3.63, 3.8) is 0 Å². The van der Waals surface area contributed by atoms with Crippen molar-refractivity contribution in [2.24, 2.45) is 0 Å². The zero-order valence-electron chi connectivity index (χ0n) is 12.6. The standard InChI is InChI=1S/C15H21N3O2S/c1-4-18-10-12(9-16-18)11(2)17-13(8-15(19)20-3)14-6-5-7-21-14/h5-7,9-11,13,17H,4,8H2,1-3H3. The van der Waals surface area contributed by atoms with Gasteiger partial charge in [-0.1, -0.05) is 6.07 Å². The molecule has 0 aliphatic rings. The highest BCUT2D eigenvalue weighted by Crippen LogP contribution is 2.26. The van der Waals surface area contributed by atoms with Gasteiger partial charge in [0.05, 0.1) is 25.8 Å². The molecule has 0 amide bonds. The molecule has 1 N–H and O–H groups in total. The van der Waals surface area contributed by atoms with Gasteiger partial charge in [-0.25, -0.2) is 0 Å². The second-order valence-electron chi connectivity index (χ2n) is 4.87. The molecule has 0 fully saturated rings. The van der Waals surface area contributed by atoms with Gasteiger partial charge in [0.2, 0.25) is 0 Å². The third-order valence-corrected chi connectivity index (χ3v) is 4.40. The third-order valence-electron chi connectivity index (χ3n) is 3.41. The Morgan fingerprint density at radius 1 is 1.57 bits per heavy atom. The molecule has 2 rings (SSSR count). The van der Waals surface area contributed by atoms with Gasteiger partial charge in [0.15, 0.2) is 0 Å². The third kappa shape index (κ3) is 4.15. The van der Waals surface area contributed by atoms with Crippen LogP contribution in [0.1, 0.15) is 42.8 Å². The Kier molecular flexibility index (Phi) is 5.52. The Labute approximate surface area is 128 Å². The Bertz CT molecular complexity index is 565. The number of ether oxygens (including phenoxy) is 1. The first-order valence-electron chi connectivity index (χ1n) is 7.02. The number of thiophene rings is 1. The van der Waals surface area contributed by atoms with Crippen molar-refractivity contribution in [1.29, 1.82) is 0 Å². The smallest absolute Gasteiger partial charge is 0.307 e. The molecule has 0 aliphatic carbocycles. The van der Waals surface area contributed by atoms with Gasteiger partial charge in [-0.3, -0.25) is 9.48 Å². The molecule has 21 heavy (non-hydrogen) atoms. The molecule has 0 saturated carbocycles. The van der Waals surface area contributed by atoms with Gasteiger partial charge in [-0.05, 0) is 25.3 Å². The van der Waals surface area contributed by atoms with Crippen molar-refractivity contribution in [3.8, 4) is 0 Å². The number of methoxy groups -OCH3 is 1. The normalized spacial score (nSPS) is 13.9. The molecular weight excluding hydrogens is 286 g/mol. The van der Waals surface area contributed by atoms with Gasteiger partial charge in [0.25, 0.3) is 0 Å². The van der Waals surface area contributed by atoms with Crippen LogP contribution in [-0.4, -0.2) is 22.9 Å². The second kappa shape index (κ2) is 7.38. The predicted octanol–water partition coefficient (Wildman–Crippen LogP) is 2.92. The minimum atomic E-state index is -0.211. The van der Waals surface area contributed by atoms with E-state index in [0.29, 0.717) is 6.42 Å². The summed E-state index contributed by atoms with van der Waals surface area (Å²) in [7, 11) is 1.42. The minimum absolute atomic E-state index is 0.0440. The van der Waals surface area contributed by atoms with E-state index in [0.717, 1.165) is 17.0 Å². The molecular formula is C15H21N3O2S. The fourth-order valence-corrected chi connectivity index (χ4v) is 2.94. The van der Waals surface area contributed by atoms with Crippen LogP contribution in [0.25, 0.3) is 0 Å². The summed E-state index contributed by atoms with van der Waals surface area (Å²) < 4.78 is 6.69. The molecule has 0 aromatic carbocycles. The minimum Gasteiger partial charge on any atom is -0.469 e. The van der Waals surface area contributed by atoms with Crippen LogP contribution in [0.2, 0.25) is 0 Å². The fraction of sp³-hybridized carbons (Fsp3) is 0.467. The van der Waals surface area contributed by atoms with Crippen LogP contribution in [0.3, 0.4) is 0 Å². The van der Waals surface area contributed by atoms with E-state index < -0.39 is 0 Å². The predicted molar refractivity (Wildman–Crippen MR) is 83.1 cm³/mol. The summed E-state index contributed by atoms with van der Waals surface area (Å²) in [5, 5.41) is 9.80. The SMILES string of the molecule is CCn1cc(C(C)NC(CC(=O)OC)c2cccs2)cn1. The van der Waals surface area contributed by atoms with Crippen molar-refractivity contribution in [2.45, 2.75) is 38.9 Å². The van der Waals surface area contributed by atoms with E-state index in [4.69, 9.17) is 4.74 Å². The average Bonchev–Trinajstić information content (AvgIpc) is 3.17. The van der Waals surface area contributed by atoms with Crippen molar-refractivity contribution >= 4 is 17.3 Å². The van der Waals surface area contributed by atoms with Crippen LogP contribution >= 0.6 is 11.3 Å². The van der Waals surface area contributed by atoms with E-state index >= 15 is 0 Å². The van der Waals surface area contributed by atoms with E-state index in [-0.39, 0.29) is 18.1 Å². The van der Waals surface area contributed by atoms with E-state index in [1.807, 2.05) is 34.6 Å². The summed E-state index contributed by atoms with van der Waals surface area (Å²) >= 11 is 1.64. The first-order valence-corrected chi connectivity index (χ1v) is 7.90. The molecule has 114 valence electrons. The summed E-state index contributed by atoms with van der Waals surface area (Å²) in [5.41, 5.74) is 1.11. The monoisotopic (exact) mass is 307 g/mol. The van der Waals surface area contributed by atoms with Crippen LogP contribution in [0.4, 0.5) is 0 Å². The molecule has 0 bridgehead atoms. The molecule has 0 saturated heterocycles. The molecule has 6 heteroatoms. The first kappa shape index (κ1) is 15.7. The van der Waals surface area contributed by atoms with Crippen LogP contribution in [0, 0.1) is 0 Å². The van der Waals surface area contributed by atoms with Crippen LogP contribution in [0.5, 0.6) is 0 Å². The van der Waals surface area contributed by atoms with Gasteiger partial charge in [0, 0.05) is 29.2 Å². The van der Waals surface area contributed by atoms with Gasteiger partial charge >= 0.3 is 5.97 Å². The summed E-state index contributed by atoms with van der Waals surface area (Å²) in [5.74, 6) is -0.211. The number of nitrogens with one attached hydrogen (secondary N) is 1. The Morgan fingerprint density at radius 3 is 2.95 bits per heavy atom. The first-order chi connectivity index (χ1) is 10.1. The van der Waals surface area contributed by atoms with E-state index in [1.54, 1.807) is 11.3 Å². The lowest BCUT2D eigenvalue weighted by molar-refractivity contribution is -0.141. The maximum Gasteiger partial charge on any atom is 0.307 e. The Hall–Kier alpha value is -1.66. The summed E-state index contributed by atoms with van der Waals surface area (Å²) in [6.45, 7) is 4.98. The van der Waals surface area contributed by atoms with Gasteiger partial charge < -0.3 is 10.1 Å². The molecule has 2 unspecified atom stereocenters. The fourth-order valence-electron chi connectivity index (χ4n) is 2.16. The molecule has 2 aromatic heterocycles. The molecule has 0 aliphatic heterocycles. The molecule has 2 heterocycles. The van der Waals surface area contributed by atoms with Gasteiger partial charge in [0.1, 0.15) is 0 Å². The van der Waals surface area contributed by atoms with Crippen molar-refractivity contribution in [3.05, 3.63) is 40.3 Å². The highest BCUT2D eigenvalue weighted by molar-refractivity contribution is 7.10. The number of hydrogen-bond acceptors (Lipinski definition) is 5. The Morgan fingerprint density at radius 2 is 2.38 bits per heavy atom. The van der Waals surface area contributed by atoms with Crippen molar-refractivity contribution in [1.82, 2.24) is 15.1 Å². The molecule has 2 aromatic rings. The lowest BCUT2D eigenvalue weighted by Crippen LogP contribution is -2.26. The molecule has 0 spiro atoms. The highest BCUT2D eigenvalue weighted by Gasteiger charge is 2.20. The molecule has 0 radical (unpaired) electrons. The number of aromatic nitrogens is 2. The number of carbonyl (C=O) groups is 1. The van der Waals surface area contributed by atoms with E-state index in [2.05, 4.69) is 24.3 Å². The summed E-state index contributed by atoms with van der Waals surface area (Å²) in [6.07, 6.45) is 4.22. The maximum atomic E-state index is 11.6. The summed E-state index contributed by atoms with van der Waals surface area (Å²) in [6, 6.07) is 4.10. The van der Waals surface area contributed by atoms with Crippen LogP contribution < -0.4 is 5.32 Å². The number of carbonyl (C=O) groups excluding carboxylic acids is 1. The van der Waals surface area contributed by atoms with Crippen molar-refractivity contribution < 1.29 is 9.53 Å². The van der Waals surface area contributed by atoms with E-state index in [1.165, 1.54) is 7.11 Å². The number of esters is 1. The van der Waals surface area contributed by atoms with Crippen LogP contribution in [0.15, 0.2) is 29.9 Å². The number of aryl methyl sites for hydroxylation is 1. The number of hydrogen-bond donors (Lipinski definition) is 1. The lowest BCUT2D eigenvalue weighted by atomic mass is 10.1. The number of nitrogens with zero attached hydrogens (tertiary/aromatic N) is 2. The zero-order valence-corrected chi connectivity index (χ0v) is 13.4. The largest absolute Gasteiger partial charge is 0.469 e. The van der Waals surface area contributed by atoms with Crippen molar-refractivity contribution in [2.75, 3.05) is 7.11 Å². The summed E-state index contributed by atoms with van der Waals surface area (Å²) in [4.78, 5) is 12.7. The highest BCUT2D eigenvalue weighted by atomic mass is 32.1. The molecule has 2 atom stereocenters. The lowest BCUT2D eigenvalue weighted by Gasteiger charge is -2.21. The maximum absolute atomic E-state index is 11.6. The van der Waals surface area contributed by atoms with E-state index in [9.17, 15) is 4.79 Å². The average molecular weight is 307 g/mol. The van der Waals surface area contributed by atoms with Gasteiger partial charge in [-0.2, -0.15) is 5.10 Å². The van der Waals surface area contributed by atoms with Crippen LogP contribution in [-0.2, 0) is 16.1 Å². The Balaban J connectivity index is 2.08. The van der Waals surface area contributed by atoms with Gasteiger partial charge in [-0.15, -0.1) is 11.3 Å². The second-order valence-corrected chi connectivity index (χ2v) is 5.85. The molecule has 5 nitrogen and oxygen atoms in total. The topological polar surface area (TPSA) is 56.2 Å². The number of rotatable bonds is 7. The quantitative estimate of drug-likeness (QED) is 0.799. The zero-order chi connectivity index (χ0) is 15.2.